The molecule has 0 aromatic carbocycles. The third kappa shape index (κ3) is 1.64. The molecule has 1 aromatic heterocycles. The highest BCUT2D eigenvalue weighted by molar-refractivity contribution is 6.05. The van der Waals surface area contributed by atoms with E-state index in [2.05, 4.69) is 4.98 Å². The molecule has 1 rings (SSSR count). The molecule has 0 saturated heterocycles. The van der Waals surface area contributed by atoms with Gasteiger partial charge in [-0.05, 0) is 18.6 Å². The van der Waals surface area contributed by atoms with Crippen molar-refractivity contribution in [2.24, 2.45) is 11.5 Å². The maximum absolute atomic E-state index is 10.9. The Balaban J connectivity index is 3.43. The summed E-state index contributed by atoms with van der Waals surface area (Å²) < 4.78 is 0. The number of carbonyl (C=O) groups excluding carboxylic acids is 2. The fourth-order valence-corrected chi connectivity index (χ4v) is 1.06. The largest absolute Gasteiger partial charge is 0.366 e. The van der Waals surface area contributed by atoms with Gasteiger partial charge in [-0.1, -0.05) is 0 Å². The maximum atomic E-state index is 10.9. The van der Waals surface area contributed by atoms with Gasteiger partial charge in [0, 0.05) is 6.20 Å². The molecule has 0 fully saturated rings. The Bertz CT molecular complexity index is 374. The first-order chi connectivity index (χ1) is 6.04. The molecule has 13 heavy (non-hydrogen) atoms. The molecule has 5 nitrogen and oxygen atoms in total. The zero-order valence-electron chi connectivity index (χ0n) is 7.07. The summed E-state index contributed by atoms with van der Waals surface area (Å²) in [5.41, 5.74) is 10.7. The van der Waals surface area contributed by atoms with Crippen LogP contribution in [0.1, 0.15) is 26.4 Å². The zero-order valence-corrected chi connectivity index (χ0v) is 7.07. The maximum Gasteiger partial charge on any atom is 0.268 e. The van der Waals surface area contributed by atoms with E-state index in [1.165, 1.54) is 6.20 Å². The predicted octanol–water partition coefficient (Wildman–Crippen LogP) is -0.412. The minimum Gasteiger partial charge on any atom is -0.366 e. The van der Waals surface area contributed by atoms with Crippen LogP contribution in [0.15, 0.2) is 12.3 Å². The molecule has 0 aliphatic heterocycles. The second kappa shape index (κ2) is 3.22. The van der Waals surface area contributed by atoms with Crippen LogP contribution in [0.4, 0.5) is 0 Å². The minimum atomic E-state index is -0.752. The number of aryl methyl sites for hydroxylation is 1. The molecule has 0 aliphatic rings. The van der Waals surface area contributed by atoms with Crippen LogP contribution in [0.3, 0.4) is 0 Å². The highest BCUT2D eigenvalue weighted by Crippen LogP contribution is 2.09. The molecule has 0 saturated carbocycles. The van der Waals surface area contributed by atoms with Crippen molar-refractivity contribution in [2.75, 3.05) is 0 Å². The number of rotatable bonds is 2. The fraction of sp³-hybridized carbons (Fsp3) is 0.125. The Morgan fingerprint density at radius 3 is 2.31 bits per heavy atom. The molecule has 0 radical (unpaired) electrons. The summed E-state index contributed by atoms with van der Waals surface area (Å²) in [5, 5.41) is 0. The van der Waals surface area contributed by atoms with Crippen LogP contribution in [-0.2, 0) is 0 Å². The predicted molar refractivity (Wildman–Crippen MR) is 46.0 cm³/mol. The number of nitrogens with zero attached hydrogens (tertiary/aromatic N) is 1. The van der Waals surface area contributed by atoms with E-state index >= 15 is 0 Å². The Hall–Kier alpha value is -1.91. The van der Waals surface area contributed by atoms with Gasteiger partial charge in [-0.15, -0.1) is 0 Å². The van der Waals surface area contributed by atoms with E-state index in [9.17, 15) is 9.59 Å². The van der Waals surface area contributed by atoms with Gasteiger partial charge in [0.25, 0.3) is 11.8 Å². The fourth-order valence-electron chi connectivity index (χ4n) is 1.06. The van der Waals surface area contributed by atoms with Gasteiger partial charge < -0.3 is 11.5 Å². The number of hydrogen-bond donors (Lipinski definition) is 2. The monoisotopic (exact) mass is 179 g/mol. The molecule has 0 spiro atoms. The third-order valence-corrected chi connectivity index (χ3v) is 1.64. The highest BCUT2D eigenvalue weighted by atomic mass is 16.2. The summed E-state index contributed by atoms with van der Waals surface area (Å²) in [6.45, 7) is 1.66. The standard InChI is InChI=1S/C8H9N3O2/c1-4-2-3-11-6(8(10)13)5(4)7(9)12/h2-3H,1H3,(H2,9,12)(H2,10,13). The van der Waals surface area contributed by atoms with E-state index in [4.69, 9.17) is 11.5 Å². The van der Waals surface area contributed by atoms with E-state index in [-0.39, 0.29) is 11.3 Å². The summed E-state index contributed by atoms with van der Waals surface area (Å²) in [5.74, 6) is -1.45. The van der Waals surface area contributed by atoms with Crippen LogP contribution < -0.4 is 11.5 Å². The Morgan fingerprint density at radius 1 is 1.31 bits per heavy atom. The third-order valence-electron chi connectivity index (χ3n) is 1.64. The van der Waals surface area contributed by atoms with E-state index in [1.807, 2.05) is 0 Å². The average molecular weight is 179 g/mol. The van der Waals surface area contributed by atoms with Crippen molar-refractivity contribution >= 4 is 11.8 Å². The molecule has 0 unspecified atom stereocenters. The van der Waals surface area contributed by atoms with Gasteiger partial charge in [0.1, 0.15) is 5.69 Å². The van der Waals surface area contributed by atoms with Crippen molar-refractivity contribution in [3.8, 4) is 0 Å². The summed E-state index contributed by atoms with van der Waals surface area (Å²) in [7, 11) is 0. The van der Waals surface area contributed by atoms with Gasteiger partial charge in [0.05, 0.1) is 5.56 Å². The Morgan fingerprint density at radius 2 is 1.92 bits per heavy atom. The molecular weight excluding hydrogens is 170 g/mol. The summed E-state index contributed by atoms with van der Waals surface area (Å²) in [4.78, 5) is 25.4. The van der Waals surface area contributed by atoms with Crippen LogP contribution in [0.2, 0.25) is 0 Å². The van der Waals surface area contributed by atoms with Gasteiger partial charge in [0.15, 0.2) is 0 Å². The molecule has 0 bridgehead atoms. The van der Waals surface area contributed by atoms with Crippen LogP contribution in [0, 0.1) is 6.92 Å². The lowest BCUT2D eigenvalue weighted by Gasteiger charge is -2.04. The lowest BCUT2D eigenvalue weighted by Crippen LogP contribution is -2.23. The molecule has 0 aliphatic carbocycles. The number of carbonyl (C=O) groups is 2. The van der Waals surface area contributed by atoms with Crippen LogP contribution >= 0.6 is 0 Å². The average Bonchev–Trinajstić information content (AvgIpc) is 2.02. The first-order valence-corrected chi connectivity index (χ1v) is 3.59. The molecule has 4 N–H and O–H groups in total. The number of amides is 2. The van der Waals surface area contributed by atoms with Crippen molar-refractivity contribution < 1.29 is 9.59 Å². The van der Waals surface area contributed by atoms with Gasteiger partial charge in [-0.2, -0.15) is 0 Å². The second-order valence-electron chi connectivity index (χ2n) is 2.58. The van der Waals surface area contributed by atoms with E-state index in [0.29, 0.717) is 5.56 Å². The van der Waals surface area contributed by atoms with Gasteiger partial charge >= 0.3 is 0 Å². The van der Waals surface area contributed by atoms with Crippen molar-refractivity contribution in [1.82, 2.24) is 4.98 Å². The molecule has 5 heteroatoms. The second-order valence-corrected chi connectivity index (χ2v) is 2.58. The molecule has 0 atom stereocenters. The van der Waals surface area contributed by atoms with Gasteiger partial charge in [0.2, 0.25) is 0 Å². The summed E-state index contributed by atoms with van der Waals surface area (Å²) >= 11 is 0. The first-order valence-electron chi connectivity index (χ1n) is 3.59. The minimum absolute atomic E-state index is 0.0764. The van der Waals surface area contributed by atoms with E-state index in [0.717, 1.165) is 0 Å². The van der Waals surface area contributed by atoms with E-state index in [1.54, 1.807) is 13.0 Å². The van der Waals surface area contributed by atoms with Crippen molar-refractivity contribution in [1.29, 1.82) is 0 Å². The first kappa shape index (κ1) is 9.18. The van der Waals surface area contributed by atoms with Crippen LogP contribution in [0.25, 0.3) is 0 Å². The lowest BCUT2D eigenvalue weighted by atomic mass is 10.1. The molecule has 68 valence electrons. The summed E-state index contributed by atoms with van der Waals surface area (Å²) in [6, 6.07) is 1.59. The SMILES string of the molecule is Cc1ccnc(C(N)=O)c1C(N)=O. The van der Waals surface area contributed by atoms with Crippen molar-refractivity contribution in [2.45, 2.75) is 6.92 Å². The molecule has 1 heterocycles. The number of hydrogen-bond acceptors (Lipinski definition) is 3. The highest BCUT2D eigenvalue weighted by Gasteiger charge is 2.15. The summed E-state index contributed by atoms with van der Waals surface area (Å²) in [6.07, 6.45) is 1.40. The Labute approximate surface area is 74.7 Å². The van der Waals surface area contributed by atoms with Crippen molar-refractivity contribution in [3.63, 3.8) is 0 Å². The quantitative estimate of drug-likeness (QED) is 0.645. The van der Waals surface area contributed by atoms with E-state index < -0.39 is 11.8 Å². The van der Waals surface area contributed by atoms with Crippen LogP contribution in [0.5, 0.6) is 0 Å². The smallest absolute Gasteiger partial charge is 0.268 e. The number of primary amides is 2. The van der Waals surface area contributed by atoms with Crippen LogP contribution in [-0.4, -0.2) is 16.8 Å². The normalized spacial score (nSPS) is 9.62. The van der Waals surface area contributed by atoms with Crippen molar-refractivity contribution in [3.05, 3.63) is 29.1 Å². The Kier molecular flexibility index (Phi) is 2.27. The molecule has 2 amide bonds. The topological polar surface area (TPSA) is 99.1 Å². The van der Waals surface area contributed by atoms with Gasteiger partial charge in [-0.25, -0.2) is 0 Å². The van der Waals surface area contributed by atoms with Gasteiger partial charge in [-0.3, -0.25) is 14.6 Å². The number of pyridine rings is 1. The molecular formula is C8H9N3O2. The number of aromatic nitrogens is 1. The molecule has 1 aromatic rings. The lowest BCUT2D eigenvalue weighted by molar-refractivity contribution is 0.0963. The zero-order chi connectivity index (χ0) is 10.0. The number of nitrogens with two attached hydrogens (primary N) is 2.